The number of nitrogens with two attached hydrogens (primary N) is 1. The zero-order valence-electron chi connectivity index (χ0n) is 12.2. The van der Waals surface area contributed by atoms with E-state index in [9.17, 15) is 13.2 Å². The molecule has 0 amide bonds. The van der Waals surface area contributed by atoms with E-state index in [0.29, 0.717) is 12.0 Å². The topological polar surface area (TPSA) is 26.0 Å². The van der Waals surface area contributed by atoms with E-state index in [2.05, 4.69) is 0 Å². The van der Waals surface area contributed by atoms with Crippen molar-refractivity contribution in [1.29, 1.82) is 0 Å². The summed E-state index contributed by atoms with van der Waals surface area (Å²) in [6.45, 7) is 0.441. The molecule has 1 aromatic rings. The van der Waals surface area contributed by atoms with Crippen molar-refractivity contribution in [3.8, 4) is 0 Å². The summed E-state index contributed by atoms with van der Waals surface area (Å²) in [5.74, 6) is 0. The molecule has 2 N–H and O–H groups in total. The Kier molecular flexibility index (Phi) is 3.55. The van der Waals surface area contributed by atoms with E-state index in [1.54, 1.807) is 0 Å². The van der Waals surface area contributed by atoms with Gasteiger partial charge >= 0.3 is 6.18 Å². The molecule has 0 atom stereocenters. The monoisotopic (exact) mass is 297 g/mol. The molecule has 1 aromatic carbocycles. The predicted octanol–water partition coefficient (Wildman–Crippen LogP) is 4.65. The minimum atomic E-state index is -4.28. The summed E-state index contributed by atoms with van der Waals surface area (Å²) in [4.78, 5) is 0. The highest BCUT2D eigenvalue weighted by Gasteiger charge is 2.54. The fraction of sp³-hybridized carbons (Fsp3) is 0.647. The van der Waals surface area contributed by atoms with Gasteiger partial charge in [-0.15, -0.1) is 0 Å². The average molecular weight is 297 g/mol. The summed E-state index contributed by atoms with van der Waals surface area (Å²) < 4.78 is 38.7. The summed E-state index contributed by atoms with van der Waals surface area (Å²) in [5.41, 5.74) is 6.30. The maximum absolute atomic E-state index is 12.9. The van der Waals surface area contributed by atoms with Crippen LogP contribution in [0.15, 0.2) is 24.3 Å². The molecule has 21 heavy (non-hydrogen) atoms. The van der Waals surface area contributed by atoms with Crippen LogP contribution in [0, 0.1) is 5.41 Å². The average Bonchev–Trinajstić information content (AvgIpc) is 2.44. The van der Waals surface area contributed by atoms with E-state index in [-0.39, 0.29) is 5.41 Å². The number of halogens is 3. The van der Waals surface area contributed by atoms with E-state index in [1.807, 2.05) is 6.07 Å². The smallest absolute Gasteiger partial charge is 0.330 e. The van der Waals surface area contributed by atoms with Gasteiger partial charge in [-0.25, -0.2) is 0 Å². The third-order valence-corrected chi connectivity index (χ3v) is 5.53. The first-order valence-electron chi connectivity index (χ1n) is 7.77. The molecule has 0 saturated heterocycles. The lowest BCUT2D eigenvalue weighted by molar-refractivity contribution is -0.137. The van der Waals surface area contributed by atoms with Crippen molar-refractivity contribution in [3.05, 3.63) is 35.4 Å². The number of hydrogen-bond donors (Lipinski definition) is 1. The molecule has 0 aromatic heterocycles. The van der Waals surface area contributed by atoms with Crippen molar-refractivity contribution in [1.82, 2.24) is 0 Å². The number of rotatable bonds is 2. The Morgan fingerprint density at radius 2 is 1.71 bits per heavy atom. The molecule has 0 bridgehead atoms. The van der Waals surface area contributed by atoms with Crippen LogP contribution in [0.5, 0.6) is 0 Å². The van der Waals surface area contributed by atoms with Crippen molar-refractivity contribution in [2.45, 2.75) is 56.5 Å². The normalized spacial score (nSPS) is 23.8. The van der Waals surface area contributed by atoms with Gasteiger partial charge in [0, 0.05) is 12.0 Å². The second-order valence-corrected chi connectivity index (χ2v) is 6.98. The maximum Gasteiger partial charge on any atom is 0.416 e. The van der Waals surface area contributed by atoms with E-state index in [1.165, 1.54) is 44.2 Å². The predicted molar refractivity (Wildman–Crippen MR) is 76.9 cm³/mol. The van der Waals surface area contributed by atoms with Crippen molar-refractivity contribution in [3.63, 3.8) is 0 Å². The lowest BCUT2D eigenvalue weighted by Crippen LogP contribution is -2.54. The van der Waals surface area contributed by atoms with Crippen LogP contribution in [0.3, 0.4) is 0 Å². The molecule has 116 valence electrons. The van der Waals surface area contributed by atoms with Crippen molar-refractivity contribution < 1.29 is 13.2 Å². The third-order valence-electron chi connectivity index (χ3n) is 5.53. The summed E-state index contributed by atoms with van der Waals surface area (Å²) in [5, 5.41) is 0. The van der Waals surface area contributed by atoms with Crippen LogP contribution in [-0.4, -0.2) is 6.54 Å². The Hall–Kier alpha value is -1.03. The Morgan fingerprint density at radius 1 is 1.05 bits per heavy atom. The van der Waals surface area contributed by atoms with Crippen LogP contribution in [0.4, 0.5) is 13.2 Å². The van der Waals surface area contributed by atoms with Gasteiger partial charge in [0.05, 0.1) is 5.56 Å². The first-order chi connectivity index (χ1) is 9.89. The molecule has 2 aliphatic carbocycles. The van der Waals surface area contributed by atoms with E-state index in [4.69, 9.17) is 5.73 Å². The highest BCUT2D eigenvalue weighted by atomic mass is 19.4. The number of hydrogen-bond acceptors (Lipinski definition) is 1. The van der Waals surface area contributed by atoms with Crippen molar-refractivity contribution in [2.24, 2.45) is 11.1 Å². The van der Waals surface area contributed by atoms with E-state index >= 15 is 0 Å². The van der Waals surface area contributed by atoms with E-state index < -0.39 is 11.7 Å². The molecular weight excluding hydrogens is 275 g/mol. The Balaban J connectivity index is 1.85. The Bertz CT molecular complexity index is 507. The largest absolute Gasteiger partial charge is 0.416 e. The van der Waals surface area contributed by atoms with Crippen molar-refractivity contribution >= 4 is 0 Å². The molecule has 4 heteroatoms. The van der Waals surface area contributed by atoms with E-state index in [0.717, 1.165) is 24.5 Å². The molecule has 3 rings (SSSR count). The lowest BCUT2D eigenvalue weighted by Gasteiger charge is -2.58. The summed E-state index contributed by atoms with van der Waals surface area (Å²) in [6, 6.07) is 5.78. The molecule has 2 aliphatic rings. The molecule has 0 radical (unpaired) electrons. The van der Waals surface area contributed by atoms with Gasteiger partial charge in [-0.05, 0) is 42.7 Å². The molecule has 1 spiro atoms. The van der Waals surface area contributed by atoms with Crippen LogP contribution in [-0.2, 0) is 11.6 Å². The summed E-state index contributed by atoms with van der Waals surface area (Å²) in [6.07, 6.45) is 3.86. The van der Waals surface area contributed by atoms with Crippen LogP contribution in [0.25, 0.3) is 0 Å². The maximum atomic E-state index is 12.9. The first kappa shape index (κ1) is 14.9. The second-order valence-electron chi connectivity index (χ2n) is 6.98. The minimum Gasteiger partial charge on any atom is -0.330 e. The standard InChI is InChI=1S/C17H22F3N/c18-17(19,20)14-6-4-5-13(9-14)16(12-21)10-15(11-16)7-2-1-3-8-15/h4-6,9H,1-3,7-8,10-12,21H2. The molecular formula is C17H22F3N. The number of alkyl halides is 3. The van der Waals surface area contributed by atoms with Gasteiger partial charge in [-0.3, -0.25) is 0 Å². The molecule has 0 aliphatic heterocycles. The summed E-state index contributed by atoms with van der Waals surface area (Å²) in [7, 11) is 0. The summed E-state index contributed by atoms with van der Waals surface area (Å²) >= 11 is 0. The molecule has 1 nitrogen and oxygen atoms in total. The molecule has 2 fully saturated rings. The quantitative estimate of drug-likeness (QED) is 0.845. The van der Waals surface area contributed by atoms with Gasteiger partial charge in [-0.2, -0.15) is 13.2 Å². The van der Waals surface area contributed by atoms with Crippen LogP contribution in [0.2, 0.25) is 0 Å². The van der Waals surface area contributed by atoms with Crippen LogP contribution >= 0.6 is 0 Å². The van der Waals surface area contributed by atoms with Gasteiger partial charge in [0.2, 0.25) is 0 Å². The van der Waals surface area contributed by atoms with Crippen LogP contribution in [0.1, 0.15) is 56.1 Å². The third kappa shape index (κ3) is 2.59. The highest BCUT2D eigenvalue weighted by molar-refractivity contribution is 5.36. The Morgan fingerprint density at radius 3 is 2.29 bits per heavy atom. The Labute approximate surface area is 123 Å². The molecule has 0 heterocycles. The first-order valence-corrected chi connectivity index (χ1v) is 7.77. The van der Waals surface area contributed by atoms with Crippen LogP contribution < -0.4 is 5.73 Å². The second kappa shape index (κ2) is 5.01. The fourth-order valence-corrected chi connectivity index (χ4v) is 4.53. The molecule has 2 saturated carbocycles. The highest BCUT2D eigenvalue weighted by Crippen LogP contribution is 2.61. The number of benzene rings is 1. The van der Waals surface area contributed by atoms with Gasteiger partial charge in [0.1, 0.15) is 0 Å². The lowest BCUT2D eigenvalue weighted by atomic mass is 9.46. The van der Waals surface area contributed by atoms with Gasteiger partial charge in [0.25, 0.3) is 0 Å². The van der Waals surface area contributed by atoms with Gasteiger partial charge in [-0.1, -0.05) is 37.5 Å². The van der Waals surface area contributed by atoms with Gasteiger partial charge in [0.15, 0.2) is 0 Å². The molecule has 0 unspecified atom stereocenters. The SMILES string of the molecule is NCC1(c2cccc(C(F)(F)F)c2)CC2(CCCCC2)C1. The minimum absolute atomic E-state index is 0.237. The van der Waals surface area contributed by atoms with Crippen molar-refractivity contribution in [2.75, 3.05) is 6.54 Å². The van der Waals surface area contributed by atoms with Gasteiger partial charge < -0.3 is 5.73 Å². The zero-order chi connectivity index (χ0) is 15.1. The zero-order valence-corrected chi connectivity index (χ0v) is 12.2. The fourth-order valence-electron chi connectivity index (χ4n) is 4.53.